The highest BCUT2D eigenvalue weighted by Gasteiger charge is 2.20. The molecule has 0 heterocycles. The minimum Gasteiger partial charge on any atom is -0.352 e. The molecule has 1 amide bonds. The fourth-order valence-electron chi connectivity index (χ4n) is 2.39. The third kappa shape index (κ3) is 5.86. The van der Waals surface area contributed by atoms with Crippen LogP contribution < -0.4 is 9.62 Å². The summed E-state index contributed by atoms with van der Waals surface area (Å²) in [7, 11) is -3.63. The molecule has 5 nitrogen and oxygen atoms in total. The molecule has 25 heavy (non-hydrogen) atoms. The Kier molecular flexibility index (Phi) is 6.52. The van der Waals surface area contributed by atoms with Crippen molar-refractivity contribution in [1.82, 2.24) is 5.32 Å². The summed E-state index contributed by atoms with van der Waals surface area (Å²) in [6.07, 6.45) is 1.48. The summed E-state index contributed by atoms with van der Waals surface area (Å²) < 4.78 is 38.7. The molecule has 0 aliphatic heterocycles. The zero-order valence-corrected chi connectivity index (χ0v) is 14.8. The number of anilines is 1. The summed E-state index contributed by atoms with van der Waals surface area (Å²) >= 11 is 0. The molecule has 2 aromatic carbocycles. The van der Waals surface area contributed by atoms with E-state index in [2.05, 4.69) is 5.32 Å². The molecule has 2 aromatic rings. The van der Waals surface area contributed by atoms with E-state index in [9.17, 15) is 17.6 Å². The van der Waals surface area contributed by atoms with E-state index in [0.29, 0.717) is 13.0 Å². The maximum Gasteiger partial charge on any atom is 0.232 e. The van der Waals surface area contributed by atoms with Crippen molar-refractivity contribution < 1.29 is 17.6 Å². The van der Waals surface area contributed by atoms with Crippen molar-refractivity contribution in [1.29, 1.82) is 0 Å². The largest absolute Gasteiger partial charge is 0.352 e. The second-order valence-corrected chi connectivity index (χ2v) is 7.56. The number of halogens is 1. The topological polar surface area (TPSA) is 66.5 Å². The smallest absolute Gasteiger partial charge is 0.232 e. The average Bonchev–Trinajstić information content (AvgIpc) is 2.58. The van der Waals surface area contributed by atoms with Crippen molar-refractivity contribution in [3.8, 4) is 0 Å². The molecule has 0 unspecified atom stereocenters. The van der Waals surface area contributed by atoms with Gasteiger partial charge in [0.2, 0.25) is 15.9 Å². The molecule has 0 aromatic heterocycles. The lowest BCUT2D eigenvalue weighted by atomic mass is 10.2. The number of sulfonamides is 1. The Morgan fingerprint density at radius 1 is 1.08 bits per heavy atom. The predicted molar refractivity (Wildman–Crippen MR) is 96.1 cm³/mol. The molecule has 0 saturated carbocycles. The molecule has 0 aliphatic rings. The van der Waals surface area contributed by atoms with E-state index in [1.54, 1.807) is 6.07 Å². The van der Waals surface area contributed by atoms with E-state index in [4.69, 9.17) is 0 Å². The maximum atomic E-state index is 13.9. The summed E-state index contributed by atoms with van der Waals surface area (Å²) in [6.45, 7) is 0.460. The zero-order valence-electron chi connectivity index (χ0n) is 14.0. The third-order valence-corrected chi connectivity index (χ3v) is 4.80. The predicted octanol–water partition coefficient (Wildman–Crippen LogP) is 2.69. The molecule has 0 atom stereocenters. The number of hydrogen-bond donors (Lipinski definition) is 1. The molecule has 0 spiro atoms. The molecule has 2 rings (SSSR count). The first kappa shape index (κ1) is 18.9. The van der Waals surface area contributed by atoms with Gasteiger partial charge in [0, 0.05) is 19.5 Å². The van der Waals surface area contributed by atoms with Crippen LogP contribution in [0.5, 0.6) is 0 Å². The van der Waals surface area contributed by atoms with Gasteiger partial charge in [-0.15, -0.1) is 0 Å². The van der Waals surface area contributed by atoms with Gasteiger partial charge in [-0.05, 0) is 24.1 Å². The second-order valence-electron chi connectivity index (χ2n) is 5.65. The van der Waals surface area contributed by atoms with Crippen LogP contribution in [0.25, 0.3) is 0 Å². The minimum atomic E-state index is -3.63. The van der Waals surface area contributed by atoms with Crippen molar-refractivity contribution in [2.24, 2.45) is 0 Å². The van der Waals surface area contributed by atoms with Crippen molar-refractivity contribution in [3.05, 3.63) is 66.0 Å². The van der Waals surface area contributed by atoms with Crippen LogP contribution in [0.15, 0.2) is 54.6 Å². The van der Waals surface area contributed by atoms with Gasteiger partial charge in [-0.3, -0.25) is 9.10 Å². The number of para-hydroxylation sites is 1. The van der Waals surface area contributed by atoms with Gasteiger partial charge in [0.1, 0.15) is 5.82 Å². The quantitative estimate of drug-likeness (QED) is 0.783. The average molecular weight is 364 g/mol. The molecular formula is C18H21FN2O3S. The molecule has 0 aliphatic carbocycles. The summed E-state index contributed by atoms with van der Waals surface area (Å²) in [5.41, 5.74) is 0.981. The Balaban J connectivity index is 1.89. The zero-order chi connectivity index (χ0) is 18.3. The minimum absolute atomic E-state index is 0.00491. The van der Waals surface area contributed by atoms with Crippen LogP contribution in [-0.2, 0) is 21.4 Å². The van der Waals surface area contributed by atoms with Crippen LogP contribution in [0, 0.1) is 5.82 Å². The number of hydrogen-bond acceptors (Lipinski definition) is 3. The number of benzene rings is 2. The van der Waals surface area contributed by atoms with Crippen molar-refractivity contribution in [2.75, 3.05) is 17.1 Å². The van der Waals surface area contributed by atoms with Crippen LogP contribution in [0.3, 0.4) is 0 Å². The molecule has 0 bridgehead atoms. The number of carbonyl (C=O) groups is 1. The van der Waals surface area contributed by atoms with Crippen molar-refractivity contribution in [3.63, 3.8) is 0 Å². The van der Waals surface area contributed by atoms with Gasteiger partial charge in [0.15, 0.2) is 0 Å². The van der Waals surface area contributed by atoms with E-state index in [1.165, 1.54) is 18.2 Å². The van der Waals surface area contributed by atoms with Gasteiger partial charge in [0.25, 0.3) is 0 Å². The number of amides is 1. The Morgan fingerprint density at radius 2 is 1.72 bits per heavy atom. The fraction of sp³-hybridized carbons (Fsp3) is 0.278. The van der Waals surface area contributed by atoms with Gasteiger partial charge in [-0.1, -0.05) is 42.5 Å². The monoisotopic (exact) mass is 364 g/mol. The summed E-state index contributed by atoms with van der Waals surface area (Å²) in [6, 6.07) is 15.2. The van der Waals surface area contributed by atoms with E-state index < -0.39 is 15.8 Å². The van der Waals surface area contributed by atoms with Crippen LogP contribution in [-0.4, -0.2) is 27.1 Å². The molecule has 7 heteroatoms. The van der Waals surface area contributed by atoms with Crippen molar-refractivity contribution >= 4 is 21.6 Å². The first-order valence-corrected chi connectivity index (χ1v) is 9.75. The highest BCUT2D eigenvalue weighted by atomic mass is 32.2. The molecule has 0 fully saturated rings. The van der Waals surface area contributed by atoms with E-state index in [0.717, 1.165) is 16.1 Å². The van der Waals surface area contributed by atoms with E-state index in [-0.39, 0.29) is 24.6 Å². The standard InChI is InChI=1S/C18H21FN2O3S/c1-25(23,24)21(17-11-6-5-10-16(17)19)13-7-12-18(22)20-14-15-8-3-2-4-9-15/h2-6,8-11H,7,12-14H2,1H3,(H,20,22). The van der Waals surface area contributed by atoms with E-state index in [1.807, 2.05) is 30.3 Å². The Bertz CT molecular complexity index is 810. The number of nitrogens with one attached hydrogen (secondary N) is 1. The van der Waals surface area contributed by atoms with Gasteiger partial charge >= 0.3 is 0 Å². The third-order valence-electron chi connectivity index (χ3n) is 3.62. The van der Waals surface area contributed by atoms with Crippen LogP contribution >= 0.6 is 0 Å². The molecule has 134 valence electrons. The number of carbonyl (C=O) groups excluding carboxylic acids is 1. The highest BCUT2D eigenvalue weighted by molar-refractivity contribution is 7.92. The molecule has 0 radical (unpaired) electrons. The fourth-order valence-corrected chi connectivity index (χ4v) is 3.35. The number of rotatable bonds is 8. The van der Waals surface area contributed by atoms with Gasteiger partial charge in [0.05, 0.1) is 11.9 Å². The molecular weight excluding hydrogens is 343 g/mol. The Hall–Kier alpha value is -2.41. The Labute approximate surface area is 147 Å². The van der Waals surface area contributed by atoms with Crippen LogP contribution in [0.1, 0.15) is 18.4 Å². The highest BCUT2D eigenvalue weighted by Crippen LogP contribution is 2.21. The first-order chi connectivity index (χ1) is 11.9. The second kappa shape index (κ2) is 8.62. The van der Waals surface area contributed by atoms with Gasteiger partial charge in [-0.25, -0.2) is 12.8 Å². The lowest BCUT2D eigenvalue weighted by Gasteiger charge is -2.22. The summed E-state index contributed by atoms with van der Waals surface area (Å²) in [4.78, 5) is 11.9. The van der Waals surface area contributed by atoms with E-state index >= 15 is 0 Å². The lowest BCUT2D eigenvalue weighted by molar-refractivity contribution is -0.121. The normalized spacial score (nSPS) is 11.1. The van der Waals surface area contributed by atoms with Crippen molar-refractivity contribution in [2.45, 2.75) is 19.4 Å². The first-order valence-electron chi connectivity index (χ1n) is 7.91. The number of nitrogens with zero attached hydrogens (tertiary/aromatic N) is 1. The maximum absolute atomic E-state index is 13.9. The van der Waals surface area contributed by atoms with Crippen LogP contribution in [0.4, 0.5) is 10.1 Å². The summed E-state index contributed by atoms with van der Waals surface area (Å²) in [5.74, 6) is -0.785. The SMILES string of the molecule is CS(=O)(=O)N(CCCC(=O)NCc1ccccc1)c1ccccc1F. The summed E-state index contributed by atoms with van der Waals surface area (Å²) in [5, 5.41) is 2.78. The molecule has 1 N–H and O–H groups in total. The van der Waals surface area contributed by atoms with Gasteiger partial charge < -0.3 is 5.32 Å². The van der Waals surface area contributed by atoms with Gasteiger partial charge in [-0.2, -0.15) is 0 Å². The molecule has 0 saturated heterocycles. The van der Waals surface area contributed by atoms with Crippen LogP contribution in [0.2, 0.25) is 0 Å². The lowest BCUT2D eigenvalue weighted by Crippen LogP contribution is -2.32. The Morgan fingerprint density at radius 3 is 2.36 bits per heavy atom.